The molecule has 1 aromatic carbocycles. The van der Waals surface area contributed by atoms with Crippen LogP contribution in [0.25, 0.3) is 0 Å². The molecule has 0 aliphatic carbocycles. The van der Waals surface area contributed by atoms with Crippen LogP contribution in [0.5, 0.6) is 0 Å². The van der Waals surface area contributed by atoms with Crippen molar-refractivity contribution in [2.45, 2.75) is 26.2 Å². The number of carbonyl (C=O) groups is 1. The van der Waals surface area contributed by atoms with Gasteiger partial charge in [0.1, 0.15) is 11.5 Å². The largest absolute Gasteiger partial charge is 0.384 e. The van der Waals surface area contributed by atoms with Gasteiger partial charge in [-0.25, -0.2) is 4.98 Å². The molecule has 0 fully saturated rings. The third-order valence-corrected chi connectivity index (χ3v) is 3.40. The maximum Gasteiger partial charge on any atom is 0.275 e. The van der Waals surface area contributed by atoms with Crippen LogP contribution in [0.2, 0.25) is 5.02 Å². The number of hydrogen-bond acceptors (Lipinski definition) is 3. The quantitative estimate of drug-likeness (QED) is 0.885. The van der Waals surface area contributed by atoms with Crippen molar-refractivity contribution in [3.05, 3.63) is 52.7 Å². The highest BCUT2D eigenvalue weighted by Gasteiger charge is 2.15. The molecule has 0 spiro atoms. The molecule has 0 radical (unpaired) electrons. The van der Waals surface area contributed by atoms with Crippen LogP contribution in [0, 0.1) is 0 Å². The molecule has 1 aromatic heterocycles. The van der Waals surface area contributed by atoms with E-state index in [0.29, 0.717) is 5.69 Å². The van der Waals surface area contributed by atoms with Crippen LogP contribution in [0.3, 0.4) is 0 Å². The van der Waals surface area contributed by atoms with E-state index in [0.717, 1.165) is 0 Å². The van der Waals surface area contributed by atoms with E-state index >= 15 is 0 Å². The Kier molecular flexibility index (Phi) is 4.19. The van der Waals surface area contributed by atoms with Gasteiger partial charge in [0.25, 0.3) is 5.91 Å². The summed E-state index contributed by atoms with van der Waals surface area (Å²) >= 11 is 5.96. The summed E-state index contributed by atoms with van der Waals surface area (Å²) in [5.74, 6) is -0.122. The Morgan fingerprint density at radius 3 is 2.33 bits per heavy atom. The summed E-state index contributed by atoms with van der Waals surface area (Å²) in [6.07, 6.45) is 0. The zero-order valence-corrected chi connectivity index (χ0v) is 13.0. The van der Waals surface area contributed by atoms with Crippen LogP contribution < -0.4 is 11.1 Å². The Hall–Kier alpha value is -2.07. The first kappa shape index (κ1) is 15.3. The van der Waals surface area contributed by atoms with E-state index < -0.39 is 0 Å². The Bertz CT molecular complexity index is 660. The standard InChI is InChI=1S/C16H18ClN3O/c1-16(2,3)10-4-6-11(7-5-10)19-15(21)14-12(17)8-9-13(18)20-14/h4-9H,1-3H3,(H2,18,20)(H,19,21). The van der Waals surface area contributed by atoms with Crippen LogP contribution in [-0.4, -0.2) is 10.9 Å². The minimum atomic E-state index is -0.379. The Balaban J connectivity index is 2.18. The van der Waals surface area contributed by atoms with E-state index in [1.54, 1.807) is 12.1 Å². The van der Waals surface area contributed by atoms with Gasteiger partial charge in [0.15, 0.2) is 0 Å². The van der Waals surface area contributed by atoms with Gasteiger partial charge in [-0.05, 0) is 35.2 Å². The number of anilines is 2. The third kappa shape index (κ3) is 3.73. The molecule has 0 saturated carbocycles. The first-order valence-electron chi connectivity index (χ1n) is 6.61. The molecule has 0 bridgehead atoms. The van der Waals surface area contributed by atoms with Crippen molar-refractivity contribution in [3.63, 3.8) is 0 Å². The molecule has 1 heterocycles. The predicted octanol–water partition coefficient (Wildman–Crippen LogP) is 3.87. The van der Waals surface area contributed by atoms with Crippen LogP contribution in [-0.2, 0) is 5.41 Å². The Morgan fingerprint density at radius 2 is 1.76 bits per heavy atom. The Labute approximate surface area is 129 Å². The fraction of sp³-hybridized carbons (Fsp3) is 0.250. The van der Waals surface area contributed by atoms with E-state index in [-0.39, 0.29) is 27.9 Å². The fourth-order valence-electron chi connectivity index (χ4n) is 1.86. The zero-order chi connectivity index (χ0) is 15.6. The maximum absolute atomic E-state index is 12.2. The normalized spacial score (nSPS) is 11.2. The molecule has 4 nitrogen and oxygen atoms in total. The topological polar surface area (TPSA) is 68.0 Å². The second kappa shape index (κ2) is 5.74. The van der Waals surface area contributed by atoms with Crippen molar-refractivity contribution in [2.24, 2.45) is 0 Å². The predicted molar refractivity (Wildman–Crippen MR) is 86.8 cm³/mol. The van der Waals surface area contributed by atoms with Gasteiger partial charge in [0.05, 0.1) is 5.02 Å². The van der Waals surface area contributed by atoms with Gasteiger partial charge in [-0.1, -0.05) is 44.5 Å². The maximum atomic E-state index is 12.2. The lowest BCUT2D eigenvalue weighted by Crippen LogP contribution is -2.15. The number of halogens is 1. The molecule has 110 valence electrons. The average molecular weight is 304 g/mol. The highest BCUT2D eigenvalue weighted by atomic mass is 35.5. The number of nitrogens with zero attached hydrogens (tertiary/aromatic N) is 1. The number of rotatable bonds is 2. The number of amides is 1. The van der Waals surface area contributed by atoms with Crippen molar-refractivity contribution >= 4 is 29.0 Å². The summed E-state index contributed by atoms with van der Waals surface area (Å²) in [6.45, 7) is 6.41. The monoisotopic (exact) mass is 303 g/mol. The molecule has 0 aliphatic rings. The number of carbonyl (C=O) groups excluding carboxylic acids is 1. The van der Waals surface area contributed by atoms with Gasteiger partial charge in [0.2, 0.25) is 0 Å². The smallest absolute Gasteiger partial charge is 0.275 e. The van der Waals surface area contributed by atoms with E-state index in [2.05, 4.69) is 31.1 Å². The van der Waals surface area contributed by atoms with Crippen LogP contribution >= 0.6 is 11.6 Å². The second-order valence-electron chi connectivity index (χ2n) is 5.85. The number of benzene rings is 1. The Morgan fingerprint density at radius 1 is 1.14 bits per heavy atom. The first-order valence-corrected chi connectivity index (χ1v) is 6.99. The molecular weight excluding hydrogens is 286 g/mol. The SMILES string of the molecule is CC(C)(C)c1ccc(NC(=O)c2nc(N)ccc2Cl)cc1. The number of nitrogen functional groups attached to an aromatic ring is 1. The van der Waals surface area contributed by atoms with Crippen molar-refractivity contribution < 1.29 is 4.79 Å². The first-order chi connectivity index (χ1) is 9.77. The lowest BCUT2D eigenvalue weighted by molar-refractivity contribution is 0.102. The molecule has 0 unspecified atom stereocenters. The molecule has 1 amide bonds. The summed E-state index contributed by atoms with van der Waals surface area (Å²) in [6, 6.07) is 10.8. The van der Waals surface area contributed by atoms with E-state index in [1.165, 1.54) is 5.56 Å². The summed E-state index contributed by atoms with van der Waals surface area (Å²) in [4.78, 5) is 16.1. The van der Waals surface area contributed by atoms with E-state index in [1.807, 2.05) is 24.3 Å². The van der Waals surface area contributed by atoms with Crippen molar-refractivity contribution in [1.29, 1.82) is 0 Å². The number of nitrogens with two attached hydrogens (primary N) is 1. The fourth-order valence-corrected chi connectivity index (χ4v) is 2.05. The molecule has 0 aliphatic heterocycles. The second-order valence-corrected chi connectivity index (χ2v) is 6.26. The minimum absolute atomic E-state index is 0.0707. The number of pyridine rings is 1. The molecule has 0 atom stereocenters. The summed E-state index contributed by atoms with van der Waals surface area (Å²) in [5.41, 5.74) is 7.65. The molecule has 3 N–H and O–H groups in total. The van der Waals surface area contributed by atoms with Crippen LogP contribution in [0.15, 0.2) is 36.4 Å². The molecular formula is C16H18ClN3O. The highest BCUT2D eigenvalue weighted by Crippen LogP contribution is 2.24. The van der Waals surface area contributed by atoms with Crippen molar-refractivity contribution in [2.75, 3.05) is 11.1 Å². The van der Waals surface area contributed by atoms with Gasteiger partial charge >= 0.3 is 0 Å². The summed E-state index contributed by atoms with van der Waals surface area (Å²) in [5, 5.41) is 3.03. The van der Waals surface area contributed by atoms with Gasteiger partial charge < -0.3 is 11.1 Å². The van der Waals surface area contributed by atoms with Gasteiger partial charge in [-0.3, -0.25) is 4.79 Å². The number of hydrogen-bond donors (Lipinski definition) is 2. The molecule has 2 aromatic rings. The lowest BCUT2D eigenvalue weighted by atomic mass is 9.87. The van der Waals surface area contributed by atoms with Crippen LogP contribution in [0.1, 0.15) is 36.8 Å². The number of aromatic nitrogens is 1. The van der Waals surface area contributed by atoms with Gasteiger partial charge in [0, 0.05) is 5.69 Å². The van der Waals surface area contributed by atoms with Gasteiger partial charge in [-0.15, -0.1) is 0 Å². The molecule has 21 heavy (non-hydrogen) atoms. The van der Waals surface area contributed by atoms with Crippen molar-refractivity contribution in [3.8, 4) is 0 Å². The summed E-state index contributed by atoms with van der Waals surface area (Å²) < 4.78 is 0. The average Bonchev–Trinajstić information content (AvgIpc) is 2.41. The van der Waals surface area contributed by atoms with Crippen LogP contribution in [0.4, 0.5) is 11.5 Å². The van der Waals surface area contributed by atoms with Crippen molar-refractivity contribution in [1.82, 2.24) is 4.98 Å². The minimum Gasteiger partial charge on any atom is -0.384 e. The molecule has 5 heteroatoms. The number of nitrogens with one attached hydrogen (secondary N) is 1. The highest BCUT2D eigenvalue weighted by molar-refractivity contribution is 6.34. The lowest BCUT2D eigenvalue weighted by Gasteiger charge is -2.19. The van der Waals surface area contributed by atoms with E-state index in [9.17, 15) is 4.79 Å². The summed E-state index contributed by atoms with van der Waals surface area (Å²) in [7, 11) is 0. The molecule has 0 saturated heterocycles. The molecule has 2 rings (SSSR count). The third-order valence-electron chi connectivity index (χ3n) is 3.09. The van der Waals surface area contributed by atoms with E-state index in [4.69, 9.17) is 17.3 Å². The van der Waals surface area contributed by atoms with Gasteiger partial charge in [-0.2, -0.15) is 0 Å². The zero-order valence-electron chi connectivity index (χ0n) is 12.3.